The monoisotopic (exact) mass is 337 g/mol. The van der Waals surface area contributed by atoms with Gasteiger partial charge in [0.05, 0.1) is 5.69 Å². The molecular weight excluding hydrogens is 318 g/mol. The molecule has 3 rings (SSSR count). The summed E-state index contributed by atoms with van der Waals surface area (Å²) in [6.07, 6.45) is 2.04. The van der Waals surface area contributed by atoms with Crippen molar-refractivity contribution in [3.63, 3.8) is 0 Å². The van der Waals surface area contributed by atoms with Gasteiger partial charge in [0.15, 0.2) is 0 Å². The fourth-order valence-corrected chi connectivity index (χ4v) is 2.82. The minimum absolute atomic E-state index is 0.219. The molecule has 0 radical (unpaired) electrons. The molecule has 0 aliphatic carbocycles. The fourth-order valence-electron chi connectivity index (χ4n) is 2.82. The first-order chi connectivity index (χ1) is 12.0. The van der Waals surface area contributed by atoms with Gasteiger partial charge in [0, 0.05) is 12.6 Å². The number of nitrogens with one attached hydrogen (secondary N) is 1. The van der Waals surface area contributed by atoms with Gasteiger partial charge in [-0.15, -0.1) is 0 Å². The maximum absolute atomic E-state index is 12.7. The lowest BCUT2D eigenvalue weighted by atomic mass is 10.1. The topological polar surface area (TPSA) is 83.7 Å². The molecule has 0 aliphatic heterocycles. The zero-order valence-corrected chi connectivity index (χ0v) is 14.1. The minimum atomic E-state index is -1.07. The Labute approximate surface area is 145 Å². The van der Waals surface area contributed by atoms with Crippen molar-refractivity contribution in [2.75, 3.05) is 0 Å². The molecule has 1 atom stereocenters. The van der Waals surface area contributed by atoms with Crippen molar-refractivity contribution in [2.45, 2.75) is 26.3 Å². The van der Waals surface area contributed by atoms with Crippen molar-refractivity contribution in [1.82, 2.24) is 14.7 Å². The zero-order chi connectivity index (χ0) is 18.0. The number of nitrogens with zero attached hydrogens (tertiary/aromatic N) is 2. The van der Waals surface area contributed by atoms with Crippen molar-refractivity contribution in [3.8, 4) is 0 Å². The molecule has 2 N–H and O–H groups in total. The summed E-state index contributed by atoms with van der Waals surface area (Å²) in [6.45, 7) is 3.66. The standard InChI is InChI=1S/C19H19N3O3/c1-12-8-9-16-20-13(2)17(22(16)11-12)18(23)21-15(19(24)25)10-14-6-4-3-5-7-14/h3-9,11,15H,10H2,1-2H3,(H,21,23)(H,24,25). The number of carboxylic acid groups (broad SMARTS) is 1. The summed E-state index contributed by atoms with van der Waals surface area (Å²) in [6, 6.07) is 12.0. The van der Waals surface area contributed by atoms with Crippen molar-refractivity contribution < 1.29 is 14.7 Å². The Morgan fingerprint density at radius 3 is 2.56 bits per heavy atom. The Balaban J connectivity index is 1.88. The number of hydrogen-bond donors (Lipinski definition) is 2. The first-order valence-electron chi connectivity index (χ1n) is 7.98. The number of benzene rings is 1. The second-order valence-corrected chi connectivity index (χ2v) is 6.03. The highest BCUT2D eigenvalue weighted by molar-refractivity contribution is 5.97. The SMILES string of the molecule is Cc1ccc2nc(C)c(C(=O)NC(Cc3ccccc3)C(=O)O)n2c1. The van der Waals surface area contributed by atoms with Crippen LogP contribution in [0.4, 0.5) is 0 Å². The number of imidazole rings is 1. The molecule has 1 amide bonds. The van der Waals surface area contributed by atoms with Gasteiger partial charge in [0.25, 0.3) is 5.91 Å². The van der Waals surface area contributed by atoms with Crippen LogP contribution in [0.5, 0.6) is 0 Å². The van der Waals surface area contributed by atoms with Crippen molar-refractivity contribution in [2.24, 2.45) is 0 Å². The molecule has 0 bridgehead atoms. The lowest BCUT2D eigenvalue weighted by Gasteiger charge is -2.15. The maximum Gasteiger partial charge on any atom is 0.326 e. The normalized spacial score (nSPS) is 12.1. The summed E-state index contributed by atoms with van der Waals surface area (Å²) in [7, 11) is 0. The maximum atomic E-state index is 12.7. The molecule has 1 aromatic carbocycles. The van der Waals surface area contributed by atoms with Crippen LogP contribution in [0.3, 0.4) is 0 Å². The number of aliphatic carboxylic acids is 1. The molecule has 3 aromatic rings. The van der Waals surface area contributed by atoms with E-state index in [1.807, 2.05) is 55.6 Å². The Morgan fingerprint density at radius 2 is 1.88 bits per heavy atom. The Bertz CT molecular complexity index is 932. The quantitative estimate of drug-likeness (QED) is 0.749. The van der Waals surface area contributed by atoms with Crippen LogP contribution in [-0.2, 0) is 11.2 Å². The molecule has 0 spiro atoms. The predicted octanol–water partition coefficient (Wildman–Crippen LogP) is 2.38. The summed E-state index contributed by atoms with van der Waals surface area (Å²) in [5, 5.41) is 12.1. The molecule has 128 valence electrons. The van der Waals surface area contributed by atoms with Crippen LogP contribution in [0, 0.1) is 13.8 Å². The van der Waals surface area contributed by atoms with E-state index in [-0.39, 0.29) is 6.42 Å². The van der Waals surface area contributed by atoms with Gasteiger partial charge in [0.1, 0.15) is 17.4 Å². The third-order valence-electron chi connectivity index (χ3n) is 4.04. The van der Waals surface area contributed by atoms with Gasteiger partial charge < -0.3 is 10.4 Å². The molecule has 0 saturated carbocycles. The molecule has 25 heavy (non-hydrogen) atoms. The molecule has 0 fully saturated rings. The van der Waals surface area contributed by atoms with Gasteiger partial charge >= 0.3 is 5.97 Å². The number of carbonyl (C=O) groups excluding carboxylic acids is 1. The second-order valence-electron chi connectivity index (χ2n) is 6.03. The van der Waals surface area contributed by atoms with Crippen LogP contribution < -0.4 is 5.32 Å². The second kappa shape index (κ2) is 6.76. The predicted molar refractivity (Wildman–Crippen MR) is 93.7 cm³/mol. The zero-order valence-electron chi connectivity index (χ0n) is 14.1. The van der Waals surface area contributed by atoms with E-state index in [1.165, 1.54) is 0 Å². The van der Waals surface area contributed by atoms with Crippen molar-refractivity contribution in [3.05, 3.63) is 71.2 Å². The lowest BCUT2D eigenvalue weighted by molar-refractivity contribution is -0.139. The van der Waals surface area contributed by atoms with Gasteiger partial charge in [-0.3, -0.25) is 9.20 Å². The van der Waals surface area contributed by atoms with E-state index < -0.39 is 17.9 Å². The van der Waals surface area contributed by atoms with Crippen LogP contribution in [0.1, 0.15) is 27.3 Å². The molecule has 6 nitrogen and oxygen atoms in total. The van der Waals surface area contributed by atoms with Crippen LogP contribution in [0.2, 0.25) is 0 Å². The summed E-state index contributed by atoms with van der Waals surface area (Å²) in [5.41, 5.74) is 3.41. The highest BCUT2D eigenvalue weighted by Gasteiger charge is 2.24. The van der Waals surface area contributed by atoms with E-state index in [2.05, 4.69) is 10.3 Å². The third kappa shape index (κ3) is 3.52. The Morgan fingerprint density at radius 1 is 1.16 bits per heavy atom. The van der Waals surface area contributed by atoms with E-state index in [4.69, 9.17) is 0 Å². The van der Waals surface area contributed by atoms with Crippen LogP contribution in [-0.4, -0.2) is 32.4 Å². The van der Waals surface area contributed by atoms with Crippen molar-refractivity contribution in [1.29, 1.82) is 0 Å². The van der Waals surface area contributed by atoms with Crippen LogP contribution in [0.15, 0.2) is 48.7 Å². The molecule has 6 heteroatoms. The number of carboxylic acids is 1. The molecular formula is C19H19N3O3. The number of amides is 1. The number of fused-ring (bicyclic) bond motifs is 1. The molecule has 2 heterocycles. The number of hydrogen-bond acceptors (Lipinski definition) is 3. The first-order valence-corrected chi connectivity index (χ1v) is 7.98. The van der Waals surface area contributed by atoms with Gasteiger partial charge in [-0.25, -0.2) is 9.78 Å². The summed E-state index contributed by atoms with van der Waals surface area (Å²) in [4.78, 5) is 28.7. The van der Waals surface area contributed by atoms with E-state index in [9.17, 15) is 14.7 Å². The van der Waals surface area contributed by atoms with E-state index in [0.29, 0.717) is 17.0 Å². The first kappa shape index (κ1) is 16.7. The van der Waals surface area contributed by atoms with E-state index in [0.717, 1.165) is 11.1 Å². The molecule has 2 aromatic heterocycles. The number of aromatic nitrogens is 2. The molecule has 0 aliphatic rings. The van der Waals surface area contributed by atoms with Gasteiger partial charge in [0.2, 0.25) is 0 Å². The van der Waals surface area contributed by atoms with Crippen LogP contribution in [0.25, 0.3) is 5.65 Å². The van der Waals surface area contributed by atoms with Gasteiger partial charge in [-0.2, -0.15) is 0 Å². The van der Waals surface area contributed by atoms with Crippen molar-refractivity contribution >= 4 is 17.5 Å². The number of aryl methyl sites for hydroxylation is 2. The fraction of sp³-hybridized carbons (Fsp3) is 0.211. The smallest absolute Gasteiger partial charge is 0.326 e. The van der Waals surface area contributed by atoms with Gasteiger partial charge in [-0.1, -0.05) is 36.4 Å². The molecule has 1 unspecified atom stereocenters. The summed E-state index contributed by atoms with van der Waals surface area (Å²) >= 11 is 0. The Kier molecular flexibility index (Phi) is 4.52. The summed E-state index contributed by atoms with van der Waals surface area (Å²) < 4.78 is 1.70. The average molecular weight is 337 g/mol. The third-order valence-corrected chi connectivity index (χ3v) is 4.04. The number of pyridine rings is 1. The Hall–Kier alpha value is -3.15. The average Bonchev–Trinajstić information content (AvgIpc) is 2.90. The molecule has 0 saturated heterocycles. The number of carbonyl (C=O) groups is 2. The highest BCUT2D eigenvalue weighted by Crippen LogP contribution is 2.14. The highest BCUT2D eigenvalue weighted by atomic mass is 16.4. The minimum Gasteiger partial charge on any atom is -0.480 e. The van der Waals surface area contributed by atoms with Crippen LogP contribution >= 0.6 is 0 Å². The lowest BCUT2D eigenvalue weighted by Crippen LogP contribution is -2.42. The number of rotatable bonds is 5. The summed E-state index contributed by atoms with van der Waals surface area (Å²) in [5.74, 6) is -1.52. The van der Waals surface area contributed by atoms with Gasteiger partial charge in [-0.05, 0) is 31.0 Å². The largest absolute Gasteiger partial charge is 0.480 e. The van der Waals surface area contributed by atoms with E-state index >= 15 is 0 Å². The van der Waals surface area contributed by atoms with E-state index in [1.54, 1.807) is 11.3 Å².